The molecular weight excluding hydrogens is 168 g/mol. The molecule has 8 heavy (non-hydrogen) atoms. The minimum absolute atomic E-state index is 0.703. The van der Waals surface area contributed by atoms with Gasteiger partial charge in [-0.05, 0) is 6.42 Å². The molecule has 4 saturated heterocycles. The summed E-state index contributed by atoms with van der Waals surface area (Å²) in [5, 5.41) is 4.94. The average Bonchev–Trinajstić information content (AvgIpc) is 2.42. The summed E-state index contributed by atoms with van der Waals surface area (Å²) in [6.45, 7) is 0. The van der Waals surface area contributed by atoms with E-state index in [0.29, 0.717) is 5.66 Å². The Kier molecular flexibility index (Phi) is 0.267. The van der Waals surface area contributed by atoms with Crippen molar-refractivity contribution in [3.8, 4) is 0 Å². The number of rotatable bonds is 1. The molecule has 1 saturated carbocycles. The summed E-state index contributed by atoms with van der Waals surface area (Å²) >= 11 is 3.61. The van der Waals surface area contributed by atoms with Gasteiger partial charge >= 0.3 is 0 Å². The van der Waals surface area contributed by atoms with Crippen molar-refractivity contribution >= 4 is 15.9 Å². The van der Waals surface area contributed by atoms with Gasteiger partial charge in [0.1, 0.15) is 11.8 Å². The van der Waals surface area contributed by atoms with Gasteiger partial charge in [-0.25, -0.2) is 0 Å². The third-order valence-corrected chi connectivity index (χ3v) is 3.85. The molecule has 0 bridgehead atoms. The summed E-state index contributed by atoms with van der Waals surface area (Å²) in [6, 6.07) is 0. The van der Waals surface area contributed by atoms with Gasteiger partial charge < -0.3 is 0 Å². The quantitative estimate of drug-likeness (QED) is 0.416. The molecule has 2 nitrogen and oxygen atoms in total. The van der Waals surface area contributed by atoms with Crippen LogP contribution in [0.15, 0.2) is 0 Å². The molecule has 0 aromatic rings. The second kappa shape index (κ2) is 0.604. The highest BCUT2D eigenvalue weighted by atomic mass is 79.9. The molecule has 3 heteroatoms. The van der Waals surface area contributed by atoms with Crippen LogP contribution in [0.4, 0.5) is 0 Å². The minimum atomic E-state index is 0.703. The molecule has 0 amide bonds. The van der Waals surface area contributed by atoms with Crippen LogP contribution in [0.1, 0.15) is 6.42 Å². The lowest BCUT2D eigenvalue weighted by Crippen LogP contribution is -1.92. The number of halogens is 1. The minimum Gasteiger partial charge on any atom is -0.191 e. The Morgan fingerprint density at radius 2 is 2.00 bits per heavy atom. The van der Waals surface area contributed by atoms with E-state index in [4.69, 9.17) is 0 Å². The monoisotopic (exact) mass is 172 g/mol. The third-order valence-electron chi connectivity index (χ3n) is 2.84. The number of hydrogen-bond acceptors (Lipinski definition) is 2. The Balaban J connectivity index is 1.79. The molecule has 4 unspecified atom stereocenters. The van der Waals surface area contributed by atoms with E-state index >= 15 is 0 Å². The molecule has 0 aromatic heterocycles. The van der Waals surface area contributed by atoms with Crippen LogP contribution in [-0.2, 0) is 0 Å². The van der Waals surface area contributed by atoms with E-state index < -0.39 is 0 Å². The highest BCUT2D eigenvalue weighted by molar-refractivity contribution is 9.09. The van der Waals surface area contributed by atoms with Crippen molar-refractivity contribution < 1.29 is 0 Å². The zero-order chi connectivity index (χ0) is 5.09. The van der Waals surface area contributed by atoms with Crippen molar-refractivity contribution in [1.82, 2.24) is 10.0 Å². The van der Waals surface area contributed by atoms with Crippen molar-refractivity contribution in [2.24, 2.45) is 5.92 Å². The molecule has 5 aliphatic rings. The predicted molar refractivity (Wildman–Crippen MR) is 31.0 cm³/mol. The summed E-state index contributed by atoms with van der Waals surface area (Å²) < 4.78 is 0. The second-order valence-corrected chi connectivity index (χ2v) is 4.38. The number of hydrazine groups is 1. The third kappa shape index (κ3) is 0.158. The van der Waals surface area contributed by atoms with E-state index in [1.807, 2.05) is 0 Å². The van der Waals surface area contributed by atoms with Gasteiger partial charge in [-0.3, -0.25) is 0 Å². The maximum absolute atomic E-state index is 3.61. The van der Waals surface area contributed by atoms with Crippen molar-refractivity contribution in [3.63, 3.8) is 0 Å². The Morgan fingerprint density at radius 1 is 1.50 bits per heavy atom. The molecule has 0 radical (unpaired) electrons. The van der Waals surface area contributed by atoms with Crippen LogP contribution >= 0.6 is 15.9 Å². The van der Waals surface area contributed by atoms with E-state index in [1.165, 1.54) is 6.42 Å². The van der Waals surface area contributed by atoms with Crippen LogP contribution in [0.3, 0.4) is 0 Å². The molecule has 0 aromatic carbocycles. The van der Waals surface area contributed by atoms with Gasteiger partial charge in [-0.2, -0.15) is 10.0 Å². The average molecular weight is 173 g/mol. The highest BCUT2D eigenvalue weighted by Crippen LogP contribution is 2.91. The topological polar surface area (TPSA) is 6.02 Å². The summed E-state index contributed by atoms with van der Waals surface area (Å²) in [4.78, 5) is 0.863. The molecule has 0 N–H and O–H groups in total. The lowest BCUT2D eigenvalue weighted by Gasteiger charge is -1.77. The summed E-state index contributed by atoms with van der Waals surface area (Å²) in [5.41, 5.74) is 0.703. The molecule has 42 valence electrons. The van der Waals surface area contributed by atoms with Crippen LogP contribution in [0.25, 0.3) is 0 Å². The fourth-order valence-corrected chi connectivity index (χ4v) is 2.74. The second-order valence-electron chi connectivity index (χ2n) is 3.20. The fourth-order valence-electron chi connectivity index (χ4n) is 1.95. The van der Waals surface area contributed by atoms with E-state index in [1.54, 1.807) is 0 Å². The van der Waals surface area contributed by atoms with Crippen LogP contribution in [0, 0.1) is 5.92 Å². The number of alkyl halides is 1. The standard InChI is InChI=1S/C5H5BrN2/c6-3-1-2(3)5-4-7(5)8(4)5/h2-4H,1H2/t2?,3-,4?,5?,7-,8?/m0/s1. The molecule has 5 fully saturated rings. The van der Waals surface area contributed by atoms with Gasteiger partial charge in [-0.15, -0.1) is 0 Å². The number of nitrogens with zero attached hydrogens (tertiary/aromatic N) is 2. The SMILES string of the molecule is Br[C@H]1CC1C12C3N1[N@@]32. The predicted octanol–water partition coefficient (Wildman–Crippen LogP) is 0.352. The Bertz CT molecular complexity index is 177. The maximum atomic E-state index is 3.61. The zero-order valence-corrected chi connectivity index (χ0v) is 5.80. The molecule has 4 aliphatic heterocycles. The van der Waals surface area contributed by atoms with Crippen molar-refractivity contribution in [2.75, 3.05) is 0 Å². The first kappa shape index (κ1) is 3.54. The largest absolute Gasteiger partial charge is 0.191 e. The van der Waals surface area contributed by atoms with Gasteiger partial charge in [0.2, 0.25) is 0 Å². The first-order valence-corrected chi connectivity index (χ1v) is 4.02. The van der Waals surface area contributed by atoms with Gasteiger partial charge in [0, 0.05) is 10.7 Å². The van der Waals surface area contributed by atoms with E-state index in [0.717, 1.165) is 16.9 Å². The Morgan fingerprint density at radius 3 is 2.12 bits per heavy atom. The Labute approximate surface area is 55.5 Å². The van der Waals surface area contributed by atoms with Crippen LogP contribution < -0.4 is 0 Å². The van der Waals surface area contributed by atoms with Crippen LogP contribution in [-0.4, -0.2) is 26.7 Å². The lowest BCUT2D eigenvalue weighted by molar-refractivity contribution is 0.747. The van der Waals surface area contributed by atoms with Gasteiger partial charge in [-0.1, -0.05) is 15.9 Å². The Hall–Kier alpha value is 0.400. The van der Waals surface area contributed by atoms with Crippen LogP contribution in [0.5, 0.6) is 0 Å². The summed E-state index contributed by atoms with van der Waals surface area (Å²) in [7, 11) is 0. The molecule has 1 aliphatic carbocycles. The smallest absolute Gasteiger partial charge is 0.140 e. The van der Waals surface area contributed by atoms with E-state index in [-0.39, 0.29) is 0 Å². The molecular formula is C5H5BrN2. The summed E-state index contributed by atoms with van der Waals surface area (Å²) in [5.74, 6) is 1.01. The molecule has 0 spiro atoms. The molecule has 5 rings (SSSR count). The molecule has 6 atom stereocenters. The van der Waals surface area contributed by atoms with Crippen molar-refractivity contribution in [2.45, 2.75) is 23.1 Å². The fraction of sp³-hybridized carbons (Fsp3) is 1.00. The maximum Gasteiger partial charge on any atom is 0.140 e. The van der Waals surface area contributed by atoms with Gasteiger partial charge in [0.05, 0.1) is 0 Å². The van der Waals surface area contributed by atoms with Crippen LogP contribution in [0.2, 0.25) is 0 Å². The first-order chi connectivity index (χ1) is 3.88. The van der Waals surface area contributed by atoms with Crippen molar-refractivity contribution in [3.05, 3.63) is 0 Å². The normalized spacial score (nSPS) is 94.9. The van der Waals surface area contributed by atoms with Gasteiger partial charge in [0.15, 0.2) is 0 Å². The number of hydrogen-bond donors (Lipinski definition) is 0. The first-order valence-electron chi connectivity index (χ1n) is 3.11. The van der Waals surface area contributed by atoms with Crippen molar-refractivity contribution in [1.29, 1.82) is 0 Å². The zero-order valence-electron chi connectivity index (χ0n) is 4.21. The van der Waals surface area contributed by atoms with E-state index in [2.05, 4.69) is 25.9 Å². The van der Waals surface area contributed by atoms with E-state index in [9.17, 15) is 0 Å². The highest BCUT2D eigenvalue weighted by Gasteiger charge is 3.12. The molecule has 4 heterocycles. The lowest BCUT2D eigenvalue weighted by atomic mass is 10.3. The summed E-state index contributed by atoms with van der Waals surface area (Å²) in [6.07, 6.45) is 2.37. The van der Waals surface area contributed by atoms with Gasteiger partial charge in [0.25, 0.3) is 0 Å².